The number of aliphatic hydroxyl groups excluding tert-OH is 1. The number of hydrogen-bond donors (Lipinski definition) is 1. The Balaban J connectivity index is 2.82. The van der Waals surface area contributed by atoms with Gasteiger partial charge in [-0.15, -0.1) is 0 Å². The van der Waals surface area contributed by atoms with Gasteiger partial charge in [-0.1, -0.05) is 49.3 Å². The van der Waals surface area contributed by atoms with Crippen molar-refractivity contribution in [3.8, 4) is 0 Å². The van der Waals surface area contributed by atoms with Crippen LogP contribution in [0.25, 0.3) is 10.4 Å². The summed E-state index contributed by atoms with van der Waals surface area (Å²) in [5.41, 5.74) is 9.11. The highest BCUT2D eigenvalue weighted by Crippen LogP contribution is 2.22. The van der Waals surface area contributed by atoms with Crippen LogP contribution < -0.4 is 0 Å². The molecule has 0 saturated heterocycles. The smallest absolute Gasteiger partial charge is 0.335 e. The lowest BCUT2D eigenvalue weighted by molar-refractivity contribution is -0.155. The zero-order valence-corrected chi connectivity index (χ0v) is 10.9. The van der Waals surface area contributed by atoms with Crippen LogP contribution in [0.4, 0.5) is 0 Å². The number of nitrogens with zero attached hydrogens (tertiary/aromatic N) is 3. The maximum absolute atomic E-state index is 11.7. The van der Waals surface area contributed by atoms with Gasteiger partial charge >= 0.3 is 5.97 Å². The van der Waals surface area contributed by atoms with Crippen LogP contribution in [0.1, 0.15) is 25.5 Å². The summed E-state index contributed by atoms with van der Waals surface area (Å²) in [6, 6.07) is 7.64. The highest BCUT2D eigenvalue weighted by molar-refractivity contribution is 5.75. The van der Waals surface area contributed by atoms with E-state index in [2.05, 4.69) is 10.0 Å². The number of aliphatic hydroxyl groups is 1. The average Bonchev–Trinajstić information content (AvgIpc) is 2.42. The fourth-order valence-corrected chi connectivity index (χ4v) is 1.48. The number of esters is 1. The van der Waals surface area contributed by atoms with E-state index in [1.807, 2.05) is 13.8 Å². The molecule has 0 bridgehead atoms. The predicted octanol–water partition coefficient (Wildman–Crippen LogP) is 2.60. The molecule has 1 aromatic carbocycles. The Kier molecular flexibility index (Phi) is 5.85. The monoisotopic (exact) mass is 263 g/mol. The lowest BCUT2D eigenvalue weighted by atomic mass is 10.0. The van der Waals surface area contributed by atoms with Crippen LogP contribution in [0.3, 0.4) is 0 Å². The largest absolute Gasteiger partial charge is 0.463 e. The van der Waals surface area contributed by atoms with Gasteiger partial charge in [-0.2, -0.15) is 0 Å². The van der Waals surface area contributed by atoms with Gasteiger partial charge in [-0.05, 0) is 17.0 Å². The molecule has 0 aliphatic heterocycles. The summed E-state index contributed by atoms with van der Waals surface area (Å²) >= 11 is 0. The van der Waals surface area contributed by atoms with Crippen molar-refractivity contribution in [2.45, 2.75) is 26.0 Å². The number of benzene rings is 1. The van der Waals surface area contributed by atoms with Crippen LogP contribution in [0, 0.1) is 5.92 Å². The highest BCUT2D eigenvalue weighted by Gasteiger charge is 2.28. The Hall–Kier alpha value is -2.04. The quantitative estimate of drug-likeness (QED) is 0.370. The normalized spacial score (nSPS) is 13.5. The molecule has 1 rings (SSSR count). The van der Waals surface area contributed by atoms with Gasteiger partial charge in [0, 0.05) is 4.91 Å². The van der Waals surface area contributed by atoms with Crippen LogP contribution >= 0.6 is 0 Å². The number of carbonyl (C=O) groups excluding carboxylic acids is 1. The Morgan fingerprint density at radius 3 is 2.58 bits per heavy atom. The van der Waals surface area contributed by atoms with Gasteiger partial charge in [-0.3, -0.25) is 0 Å². The van der Waals surface area contributed by atoms with Crippen LogP contribution in [0.2, 0.25) is 0 Å². The maximum atomic E-state index is 11.7. The summed E-state index contributed by atoms with van der Waals surface area (Å²) in [4.78, 5) is 14.3. The molecular weight excluding hydrogens is 246 g/mol. The minimum absolute atomic E-state index is 0.172. The van der Waals surface area contributed by atoms with E-state index in [0.29, 0.717) is 5.56 Å². The number of carbonyl (C=O) groups is 1. The second-order valence-electron chi connectivity index (χ2n) is 4.53. The van der Waals surface area contributed by atoms with Gasteiger partial charge in [0.2, 0.25) is 0 Å². The molecule has 0 aliphatic rings. The van der Waals surface area contributed by atoms with Crippen LogP contribution in [-0.4, -0.2) is 23.8 Å². The molecule has 0 spiro atoms. The molecule has 0 amide bonds. The fraction of sp³-hybridized carbons (Fsp3) is 0.462. The first-order valence-electron chi connectivity index (χ1n) is 6.00. The zero-order chi connectivity index (χ0) is 14.3. The third kappa shape index (κ3) is 4.62. The predicted molar refractivity (Wildman–Crippen MR) is 70.1 cm³/mol. The molecule has 1 N–H and O–H groups in total. The molecule has 1 aromatic rings. The van der Waals surface area contributed by atoms with Crippen molar-refractivity contribution in [1.29, 1.82) is 0 Å². The topological polar surface area (TPSA) is 95.3 Å². The molecule has 102 valence electrons. The summed E-state index contributed by atoms with van der Waals surface area (Å²) in [6.45, 7) is 4.00. The lowest BCUT2D eigenvalue weighted by Crippen LogP contribution is -2.29. The fourth-order valence-electron chi connectivity index (χ4n) is 1.48. The van der Waals surface area contributed by atoms with E-state index in [9.17, 15) is 9.90 Å². The molecule has 0 radical (unpaired) electrons. The Labute approximate surface area is 111 Å². The van der Waals surface area contributed by atoms with Crippen molar-refractivity contribution in [3.05, 3.63) is 46.3 Å². The van der Waals surface area contributed by atoms with E-state index in [4.69, 9.17) is 10.3 Å². The minimum Gasteiger partial charge on any atom is -0.463 e. The summed E-state index contributed by atoms with van der Waals surface area (Å²) < 4.78 is 4.94. The highest BCUT2D eigenvalue weighted by atomic mass is 16.5. The zero-order valence-electron chi connectivity index (χ0n) is 10.9. The first-order chi connectivity index (χ1) is 9.06. The molecule has 0 saturated carbocycles. The number of ether oxygens (including phenoxy) is 1. The standard InChI is InChI=1S/C13H17N3O3/c1-9(2)8-19-13(18)12(17)11(15-16-14)10-6-4-3-5-7-10/h3-7,9,11-12,17H,8H2,1-2H3. The van der Waals surface area contributed by atoms with E-state index in [0.717, 1.165) is 0 Å². The van der Waals surface area contributed by atoms with Gasteiger partial charge in [0.1, 0.15) is 0 Å². The Morgan fingerprint density at radius 2 is 2.05 bits per heavy atom. The molecule has 19 heavy (non-hydrogen) atoms. The van der Waals surface area contributed by atoms with Crippen molar-refractivity contribution in [3.63, 3.8) is 0 Å². The molecule has 0 heterocycles. The van der Waals surface area contributed by atoms with E-state index in [-0.39, 0.29) is 12.5 Å². The van der Waals surface area contributed by atoms with E-state index >= 15 is 0 Å². The van der Waals surface area contributed by atoms with E-state index in [1.165, 1.54) is 0 Å². The molecule has 2 atom stereocenters. The SMILES string of the molecule is CC(C)COC(=O)C(O)C(N=[N+]=[N-])c1ccccc1. The number of rotatable bonds is 6. The summed E-state index contributed by atoms with van der Waals surface area (Å²) in [5, 5.41) is 13.4. The second-order valence-corrected chi connectivity index (χ2v) is 4.53. The molecular formula is C13H17N3O3. The summed E-state index contributed by atoms with van der Waals surface area (Å²) in [7, 11) is 0. The Bertz CT molecular complexity index is 455. The third-order valence-corrected chi connectivity index (χ3v) is 2.42. The van der Waals surface area contributed by atoms with Crippen molar-refractivity contribution < 1.29 is 14.6 Å². The van der Waals surface area contributed by atoms with Crippen molar-refractivity contribution in [1.82, 2.24) is 0 Å². The molecule has 0 fully saturated rings. The van der Waals surface area contributed by atoms with Gasteiger partial charge in [0.15, 0.2) is 6.10 Å². The molecule has 6 nitrogen and oxygen atoms in total. The maximum Gasteiger partial charge on any atom is 0.335 e. The van der Waals surface area contributed by atoms with Gasteiger partial charge in [-0.25, -0.2) is 4.79 Å². The number of azide groups is 1. The first kappa shape index (κ1) is 15.0. The van der Waals surface area contributed by atoms with Crippen molar-refractivity contribution >= 4 is 5.97 Å². The molecule has 0 aliphatic carbocycles. The van der Waals surface area contributed by atoms with E-state index < -0.39 is 18.1 Å². The second kappa shape index (κ2) is 7.41. The van der Waals surface area contributed by atoms with Gasteiger partial charge in [0.05, 0.1) is 12.6 Å². The Morgan fingerprint density at radius 1 is 1.42 bits per heavy atom. The van der Waals surface area contributed by atoms with Crippen molar-refractivity contribution in [2.75, 3.05) is 6.61 Å². The summed E-state index contributed by atoms with van der Waals surface area (Å²) in [5.74, 6) is -0.610. The first-order valence-corrected chi connectivity index (χ1v) is 6.00. The molecule has 6 heteroatoms. The minimum atomic E-state index is -1.50. The van der Waals surface area contributed by atoms with E-state index in [1.54, 1.807) is 30.3 Å². The van der Waals surface area contributed by atoms with Gasteiger partial charge < -0.3 is 9.84 Å². The number of hydrogen-bond acceptors (Lipinski definition) is 4. The summed E-state index contributed by atoms with van der Waals surface area (Å²) in [6.07, 6.45) is -1.50. The van der Waals surface area contributed by atoms with Crippen LogP contribution in [0.15, 0.2) is 35.4 Å². The lowest BCUT2D eigenvalue weighted by Gasteiger charge is -2.18. The van der Waals surface area contributed by atoms with Crippen LogP contribution in [0.5, 0.6) is 0 Å². The third-order valence-electron chi connectivity index (χ3n) is 2.42. The molecule has 2 unspecified atom stereocenters. The van der Waals surface area contributed by atoms with Crippen LogP contribution in [-0.2, 0) is 9.53 Å². The molecule has 0 aromatic heterocycles. The van der Waals surface area contributed by atoms with Crippen molar-refractivity contribution in [2.24, 2.45) is 11.0 Å². The average molecular weight is 263 g/mol. The van der Waals surface area contributed by atoms with Gasteiger partial charge in [0.25, 0.3) is 0 Å².